The van der Waals surface area contributed by atoms with Crippen LogP contribution in [0.15, 0.2) is 71.2 Å². The van der Waals surface area contributed by atoms with E-state index in [-0.39, 0.29) is 11.3 Å². The number of aromatic carboxylic acids is 1. The standard InChI is InChI=1S/C21H17NO5/c1-26-19-10-7-15(21(24)25)13-17(19)22-20(23)12-9-16-8-11-18(27-16)14-5-3-2-4-6-14/h2-13H,1H3,(H,22,23)(H,24,25)/b12-9+. The third-order valence-corrected chi connectivity index (χ3v) is 3.79. The molecule has 6 nitrogen and oxygen atoms in total. The number of carboxylic acid groups (broad SMARTS) is 1. The quantitative estimate of drug-likeness (QED) is 0.637. The molecule has 136 valence electrons. The van der Waals surface area contributed by atoms with Crippen LogP contribution in [0, 0.1) is 0 Å². The Labute approximate surface area is 155 Å². The topological polar surface area (TPSA) is 88.8 Å². The van der Waals surface area contributed by atoms with Gasteiger partial charge in [-0.2, -0.15) is 0 Å². The fourth-order valence-corrected chi connectivity index (χ4v) is 2.47. The second kappa shape index (κ2) is 8.05. The van der Waals surface area contributed by atoms with E-state index in [0.717, 1.165) is 5.56 Å². The zero-order valence-corrected chi connectivity index (χ0v) is 14.5. The molecule has 0 fully saturated rings. The molecule has 0 aliphatic heterocycles. The maximum Gasteiger partial charge on any atom is 0.335 e. The van der Waals surface area contributed by atoms with Crippen molar-refractivity contribution in [2.24, 2.45) is 0 Å². The van der Waals surface area contributed by atoms with Crippen molar-refractivity contribution in [1.82, 2.24) is 0 Å². The third-order valence-electron chi connectivity index (χ3n) is 3.79. The van der Waals surface area contributed by atoms with Crippen LogP contribution >= 0.6 is 0 Å². The number of benzene rings is 2. The number of ether oxygens (including phenoxy) is 1. The molecule has 1 aromatic heterocycles. The Morgan fingerprint density at radius 2 is 1.85 bits per heavy atom. The van der Waals surface area contributed by atoms with Crippen molar-refractivity contribution in [3.8, 4) is 17.1 Å². The smallest absolute Gasteiger partial charge is 0.335 e. The van der Waals surface area contributed by atoms with Crippen molar-refractivity contribution in [3.63, 3.8) is 0 Å². The van der Waals surface area contributed by atoms with Gasteiger partial charge in [-0.1, -0.05) is 30.3 Å². The summed E-state index contributed by atoms with van der Waals surface area (Å²) in [6.07, 6.45) is 2.84. The predicted octanol–water partition coefficient (Wildman–Crippen LogP) is 4.31. The van der Waals surface area contributed by atoms with Gasteiger partial charge in [0.1, 0.15) is 17.3 Å². The van der Waals surface area contributed by atoms with Crippen LogP contribution in [0.3, 0.4) is 0 Å². The van der Waals surface area contributed by atoms with Gasteiger partial charge in [-0.15, -0.1) is 0 Å². The molecule has 2 N–H and O–H groups in total. The zero-order valence-electron chi connectivity index (χ0n) is 14.5. The Morgan fingerprint density at radius 3 is 2.56 bits per heavy atom. The van der Waals surface area contributed by atoms with Gasteiger partial charge in [-0.3, -0.25) is 4.79 Å². The molecule has 0 bridgehead atoms. The molecule has 0 saturated carbocycles. The lowest BCUT2D eigenvalue weighted by Gasteiger charge is -2.09. The summed E-state index contributed by atoms with van der Waals surface area (Å²) in [6, 6.07) is 17.4. The SMILES string of the molecule is COc1ccc(C(=O)O)cc1NC(=O)/C=C/c1ccc(-c2ccccc2)o1. The van der Waals surface area contributed by atoms with E-state index in [1.165, 1.54) is 37.5 Å². The summed E-state index contributed by atoms with van der Waals surface area (Å²) in [5.41, 5.74) is 1.27. The minimum Gasteiger partial charge on any atom is -0.495 e. The molecule has 0 radical (unpaired) electrons. The molecule has 0 aliphatic rings. The molecule has 1 amide bonds. The Hall–Kier alpha value is -3.80. The number of amides is 1. The number of hydrogen-bond acceptors (Lipinski definition) is 4. The second-order valence-corrected chi connectivity index (χ2v) is 5.61. The molecule has 3 aromatic rings. The van der Waals surface area contributed by atoms with E-state index in [0.29, 0.717) is 17.3 Å². The lowest BCUT2D eigenvalue weighted by atomic mass is 10.2. The number of carbonyl (C=O) groups is 2. The number of anilines is 1. The summed E-state index contributed by atoms with van der Waals surface area (Å²) in [5, 5.41) is 11.7. The molecule has 0 spiro atoms. The number of carbonyl (C=O) groups excluding carboxylic acids is 1. The van der Waals surface area contributed by atoms with Crippen LogP contribution in [0.2, 0.25) is 0 Å². The first-order valence-electron chi connectivity index (χ1n) is 8.12. The van der Waals surface area contributed by atoms with E-state index < -0.39 is 11.9 Å². The Morgan fingerprint density at radius 1 is 1.07 bits per heavy atom. The van der Waals surface area contributed by atoms with Crippen LogP contribution in [0.5, 0.6) is 5.75 Å². The van der Waals surface area contributed by atoms with Crippen molar-refractivity contribution in [1.29, 1.82) is 0 Å². The maximum absolute atomic E-state index is 12.2. The number of carboxylic acids is 1. The minimum atomic E-state index is -1.09. The van der Waals surface area contributed by atoms with Crippen molar-refractivity contribution < 1.29 is 23.8 Å². The van der Waals surface area contributed by atoms with E-state index in [1.807, 2.05) is 36.4 Å². The molecule has 0 unspecified atom stereocenters. The lowest BCUT2D eigenvalue weighted by Crippen LogP contribution is -2.10. The molecule has 27 heavy (non-hydrogen) atoms. The average molecular weight is 363 g/mol. The monoisotopic (exact) mass is 363 g/mol. The van der Waals surface area contributed by atoms with Crippen LogP contribution in [0.1, 0.15) is 16.1 Å². The van der Waals surface area contributed by atoms with Gasteiger partial charge in [0.2, 0.25) is 5.91 Å². The Balaban J connectivity index is 1.72. The lowest BCUT2D eigenvalue weighted by molar-refractivity contribution is -0.111. The maximum atomic E-state index is 12.2. The normalized spacial score (nSPS) is 10.7. The van der Waals surface area contributed by atoms with Crippen LogP contribution in [0.4, 0.5) is 5.69 Å². The average Bonchev–Trinajstić information content (AvgIpc) is 3.16. The van der Waals surface area contributed by atoms with Crippen LogP contribution in [-0.2, 0) is 4.79 Å². The van der Waals surface area contributed by atoms with E-state index in [2.05, 4.69) is 5.32 Å². The number of methoxy groups -OCH3 is 1. The minimum absolute atomic E-state index is 0.0496. The highest BCUT2D eigenvalue weighted by Gasteiger charge is 2.11. The first-order chi connectivity index (χ1) is 13.1. The molecule has 0 saturated heterocycles. The molecule has 1 heterocycles. The number of furan rings is 1. The van der Waals surface area contributed by atoms with Crippen molar-refractivity contribution >= 4 is 23.6 Å². The zero-order chi connectivity index (χ0) is 19.2. The molecule has 0 aliphatic carbocycles. The first kappa shape index (κ1) is 18.0. The summed E-state index contributed by atoms with van der Waals surface area (Å²) in [4.78, 5) is 23.3. The van der Waals surface area contributed by atoms with Gasteiger partial charge in [0.05, 0.1) is 18.4 Å². The fraction of sp³-hybridized carbons (Fsp3) is 0.0476. The van der Waals surface area contributed by atoms with Gasteiger partial charge < -0.3 is 19.6 Å². The first-order valence-corrected chi connectivity index (χ1v) is 8.12. The number of hydrogen-bond donors (Lipinski definition) is 2. The summed E-state index contributed by atoms with van der Waals surface area (Å²) >= 11 is 0. The van der Waals surface area contributed by atoms with E-state index >= 15 is 0 Å². The second-order valence-electron chi connectivity index (χ2n) is 5.61. The van der Waals surface area contributed by atoms with Crippen LogP contribution in [-0.4, -0.2) is 24.1 Å². The fourth-order valence-electron chi connectivity index (χ4n) is 2.47. The van der Waals surface area contributed by atoms with Crippen LogP contribution in [0.25, 0.3) is 17.4 Å². The molecule has 6 heteroatoms. The summed E-state index contributed by atoms with van der Waals surface area (Å²) in [7, 11) is 1.44. The largest absolute Gasteiger partial charge is 0.495 e. The number of rotatable bonds is 6. The van der Waals surface area contributed by atoms with Gasteiger partial charge in [0.25, 0.3) is 0 Å². The van der Waals surface area contributed by atoms with Gasteiger partial charge in [0.15, 0.2) is 0 Å². The predicted molar refractivity (Wildman–Crippen MR) is 102 cm³/mol. The van der Waals surface area contributed by atoms with E-state index in [4.69, 9.17) is 14.3 Å². The summed E-state index contributed by atoms with van der Waals surface area (Å²) in [5.74, 6) is 0.0640. The number of nitrogens with one attached hydrogen (secondary N) is 1. The highest BCUT2D eigenvalue weighted by atomic mass is 16.5. The summed E-state index contributed by atoms with van der Waals surface area (Å²) < 4.78 is 10.8. The molecule has 2 aromatic carbocycles. The molecule has 0 atom stereocenters. The third kappa shape index (κ3) is 4.43. The van der Waals surface area contributed by atoms with Crippen molar-refractivity contribution in [2.45, 2.75) is 0 Å². The summed E-state index contributed by atoms with van der Waals surface area (Å²) in [6.45, 7) is 0. The highest BCUT2D eigenvalue weighted by molar-refractivity contribution is 6.03. The highest BCUT2D eigenvalue weighted by Crippen LogP contribution is 2.26. The van der Waals surface area contributed by atoms with Gasteiger partial charge in [0, 0.05) is 11.6 Å². The molecule has 3 rings (SSSR count). The van der Waals surface area contributed by atoms with Crippen molar-refractivity contribution in [3.05, 3.63) is 78.1 Å². The van der Waals surface area contributed by atoms with Gasteiger partial charge >= 0.3 is 5.97 Å². The Bertz CT molecular complexity index is 989. The van der Waals surface area contributed by atoms with Crippen LogP contribution < -0.4 is 10.1 Å². The van der Waals surface area contributed by atoms with Gasteiger partial charge in [-0.25, -0.2) is 4.79 Å². The Kier molecular flexibility index (Phi) is 5.37. The van der Waals surface area contributed by atoms with E-state index in [9.17, 15) is 9.59 Å². The van der Waals surface area contributed by atoms with Gasteiger partial charge in [-0.05, 0) is 36.4 Å². The van der Waals surface area contributed by atoms with E-state index in [1.54, 1.807) is 6.07 Å². The molecular weight excluding hydrogens is 346 g/mol. The van der Waals surface area contributed by atoms with Crippen molar-refractivity contribution in [2.75, 3.05) is 12.4 Å². The molecular formula is C21H17NO5.